The lowest BCUT2D eigenvalue weighted by atomic mass is 9.85. The van der Waals surface area contributed by atoms with Gasteiger partial charge in [-0.05, 0) is 107 Å². The molecule has 1 aromatic rings. The molecular formula is C37H52F3NO12. The molecule has 0 spiro atoms. The highest BCUT2D eigenvalue weighted by Gasteiger charge is 2.40. The fraction of sp³-hybridized carbons (Fsp3) is 0.676. The zero-order valence-electron chi connectivity index (χ0n) is 29.9. The number of alkyl halides is 3. The lowest BCUT2D eigenvalue weighted by Gasteiger charge is -2.33. The van der Waals surface area contributed by atoms with Gasteiger partial charge < -0.3 is 39.1 Å². The average molecular weight is 760 g/mol. The molecule has 2 fully saturated rings. The molecule has 0 aromatic heterocycles. The lowest BCUT2D eigenvalue weighted by Crippen LogP contribution is -2.38. The van der Waals surface area contributed by atoms with Gasteiger partial charge in [-0.15, -0.1) is 10.1 Å². The van der Waals surface area contributed by atoms with Crippen LogP contribution in [-0.4, -0.2) is 89.8 Å². The van der Waals surface area contributed by atoms with Crippen LogP contribution in [0.5, 0.6) is 5.75 Å². The number of carbonyl (C=O) groups excluding carboxylic acids is 2. The van der Waals surface area contributed by atoms with Crippen LogP contribution in [0.2, 0.25) is 0 Å². The summed E-state index contributed by atoms with van der Waals surface area (Å²) < 4.78 is 60.6. The van der Waals surface area contributed by atoms with Crippen LogP contribution >= 0.6 is 0 Å². The first-order valence-corrected chi connectivity index (χ1v) is 18.1. The van der Waals surface area contributed by atoms with Crippen molar-refractivity contribution in [3.8, 4) is 5.75 Å². The molecule has 2 aliphatic carbocycles. The van der Waals surface area contributed by atoms with E-state index < -0.39 is 47.2 Å². The third kappa shape index (κ3) is 16.0. The van der Waals surface area contributed by atoms with E-state index in [1.165, 1.54) is 18.2 Å². The molecule has 2 aliphatic rings. The summed E-state index contributed by atoms with van der Waals surface area (Å²) >= 11 is 0. The SMILES string of the molecule is COC1CC(C=CC(=O)OCCCCO[N+](=O)[O-])CCC1OC(=O)CCCC=CC[C@@H]1[C@@H](CC[C@@H](O)COc2cccc(C(F)(F)F)c2)[C@H](O)C[C@@H]1O. The van der Waals surface area contributed by atoms with E-state index in [4.69, 9.17) is 18.9 Å². The molecule has 3 rings (SSSR count). The standard InChI is InChI=1S/C37H52F3NO12/c1-49-34-21-25(14-18-35(45)50-19-6-7-20-52-41(47)48)13-17-33(34)53-36(46)12-5-3-2-4-11-29-30(32(44)23-31(29)43)16-15-27(42)24-51-28-10-8-9-26(22-28)37(38,39)40/h2,4,8-10,14,18,22,25,27,29-34,42-44H,3,5-7,11-13,15-17,19-21,23-24H2,1H3/t25?,27-,29-,30-,31+,32-,33?,34?/m1/s1. The van der Waals surface area contributed by atoms with Gasteiger partial charge in [0.2, 0.25) is 0 Å². The van der Waals surface area contributed by atoms with E-state index >= 15 is 0 Å². The highest BCUT2D eigenvalue weighted by molar-refractivity contribution is 5.81. The Bertz CT molecular complexity index is 1340. The van der Waals surface area contributed by atoms with Gasteiger partial charge in [-0.3, -0.25) is 4.79 Å². The summed E-state index contributed by atoms with van der Waals surface area (Å²) in [6.07, 6.45) is 4.64. The number of halogens is 3. The van der Waals surface area contributed by atoms with Gasteiger partial charge in [0.1, 0.15) is 18.5 Å². The van der Waals surface area contributed by atoms with Crippen molar-refractivity contribution in [2.75, 3.05) is 26.9 Å². The first kappa shape index (κ1) is 43.7. The largest absolute Gasteiger partial charge is 0.491 e. The number of hydrogen-bond donors (Lipinski definition) is 3. The quantitative estimate of drug-likeness (QED) is 0.0337. The summed E-state index contributed by atoms with van der Waals surface area (Å²) in [7, 11) is 1.55. The van der Waals surface area contributed by atoms with E-state index in [1.54, 1.807) is 13.2 Å². The van der Waals surface area contributed by atoms with Crippen molar-refractivity contribution in [3.05, 3.63) is 64.2 Å². The number of benzene rings is 1. The van der Waals surface area contributed by atoms with Gasteiger partial charge in [0.15, 0.2) is 0 Å². The molecule has 53 heavy (non-hydrogen) atoms. The molecule has 0 heterocycles. The number of allylic oxidation sites excluding steroid dienone is 3. The molecule has 3 unspecified atom stereocenters. The molecule has 3 N–H and O–H groups in total. The lowest BCUT2D eigenvalue weighted by molar-refractivity contribution is -0.757. The summed E-state index contributed by atoms with van der Waals surface area (Å²) in [4.78, 5) is 38.9. The van der Waals surface area contributed by atoms with Gasteiger partial charge in [0.05, 0.1) is 43.2 Å². The highest BCUT2D eigenvalue weighted by atomic mass is 19.4. The maximum atomic E-state index is 12.9. The number of hydrogen-bond acceptors (Lipinski definition) is 12. The Labute approximate surface area is 307 Å². The summed E-state index contributed by atoms with van der Waals surface area (Å²) in [6.45, 7) is -0.138. The van der Waals surface area contributed by atoms with E-state index in [0.717, 1.165) is 12.1 Å². The van der Waals surface area contributed by atoms with Crippen molar-refractivity contribution < 1.29 is 67.0 Å². The van der Waals surface area contributed by atoms with Crippen LogP contribution in [-0.2, 0) is 34.8 Å². The van der Waals surface area contributed by atoms with Crippen LogP contribution in [0.3, 0.4) is 0 Å². The molecule has 0 saturated heterocycles. The van der Waals surface area contributed by atoms with Crippen LogP contribution in [0.15, 0.2) is 48.6 Å². The van der Waals surface area contributed by atoms with Crippen LogP contribution in [0.4, 0.5) is 13.2 Å². The number of aliphatic hydroxyl groups excluding tert-OH is 3. The van der Waals surface area contributed by atoms with Gasteiger partial charge in [0, 0.05) is 19.6 Å². The van der Waals surface area contributed by atoms with Crippen molar-refractivity contribution in [1.29, 1.82) is 0 Å². The number of methoxy groups -OCH3 is 1. The van der Waals surface area contributed by atoms with E-state index in [1.807, 2.05) is 12.2 Å². The Morgan fingerprint density at radius 3 is 2.53 bits per heavy atom. The number of rotatable bonds is 22. The Kier molecular flexibility index (Phi) is 18.5. The van der Waals surface area contributed by atoms with E-state index in [2.05, 4.69) is 4.84 Å². The summed E-state index contributed by atoms with van der Waals surface area (Å²) in [5, 5.41) is 40.8. The van der Waals surface area contributed by atoms with Gasteiger partial charge >= 0.3 is 18.1 Å². The van der Waals surface area contributed by atoms with E-state index in [-0.39, 0.29) is 74.7 Å². The molecule has 0 aliphatic heterocycles. The molecule has 0 radical (unpaired) electrons. The minimum absolute atomic E-state index is 0.00336. The second kappa shape index (κ2) is 22.5. The third-order valence-electron chi connectivity index (χ3n) is 9.63. The number of nitrogens with zero attached hydrogens (tertiary/aromatic N) is 1. The van der Waals surface area contributed by atoms with Crippen molar-refractivity contribution in [1.82, 2.24) is 0 Å². The Morgan fingerprint density at radius 2 is 1.79 bits per heavy atom. The Balaban J connectivity index is 1.31. The minimum Gasteiger partial charge on any atom is -0.491 e. The third-order valence-corrected chi connectivity index (χ3v) is 9.63. The van der Waals surface area contributed by atoms with Gasteiger partial charge in [-0.2, -0.15) is 13.2 Å². The second-order valence-corrected chi connectivity index (χ2v) is 13.5. The molecular weight excluding hydrogens is 707 g/mol. The van der Waals surface area contributed by atoms with Crippen LogP contribution in [0.1, 0.15) is 82.6 Å². The minimum atomic E-state index is -4.50. The molecule has 1 aromatic carbocycles. The van der Waals surface area contributed by atoms with Crippen molar-refractivity contribution in [2.45, 2.75) is 114 Å². The van der Waals surface area contributed by atoms with Gasteiger partial charge in [-0.1, -0.05) is 24.3 Å². The molecule has 0 bridgehead atoms. The van der Waals surface area contributed by atoms with Crippen LogP contribution in [0, 0.1) is 27.9 Å². The smallest absolute Gasteiger partial charge is 0.416 e. The molecule has 298 valence electrons. The van der Waals surface area contributed by atoms with Crippen LogP contribution < -0.4 is 4.74 Å². The molecule has 0 amide bonds. The second-order valence-electron chi connectivity index (χ2n) is 13.5. The number of esters is 2. The first-order valence-electron chi connectivity index (χ1n) is 18.1. The van der Waals surface area contributed by atoms with Crippen LogP contribution in [0.25, 0.3) is 0 Å². The zero-order valence-corrected chi connectivity index (χ0v) is 29.9. The first-order chi connectivity index (χ1) is 25.3. The van der Waals surface area contributed by atoms with Crippen molar-refractivity contribution >= 4 is 11.9 Å². The predicted molar refractivity (Wildman–Crippen MR) is 184 cm³/mol. The highest BCUT2D eigenvalue weighted by Crippen LogP contribution is 2.38. The van der Waals surface area contributed by atoms with Gasteiger partial charge in [0.25, 0.3) is 5.09 Å². The number of unbranched alkanes of at least 4 members (excludes halogenated alkanes) is 2. The average Bonchev–Trinajstić information content (AvgIpc) is 3.39. The maximum Gasteiger partial charge on any atom is 0.416 e. The van der Waals surface area contributed by atoms with Crippen molar-refractivity contribution in [3.63, 3.8) is 0 Å². The van der Waals surface area contributed by atoms with Crippen molar-refractivity contribution in [2.24, 2.45) is 17.8 Å². The summed E-state index contributed by atoms with van der Waals surface area (Å²) in [5.41, 5.74) is -0.844. The molecule has 8 atom stereocenters. The number of ether oxygens (including phenoxy) is 4. The fourth-order valence-corrected chi connectivity index (χ4v) is 6.76. The molecule has 16 heteroatoms. The Hall–Kier alpha value is -3.73. The predicted octanol–water partition coefficient (Wildman–Crippen LogP) is 5.51. The monoisotopic (exact) mass is 759 g/mol. The number of carbonyl (C=O) groups is 2. The van der Waals surface area contributed by atoms with E-state index in [9.17, 15) is 48.2 Å². The van der Waals surface area contributed by atoms with Gasteiger partial charge in [-0.25, -0.2) is 4.79 Å². The fourth-order valence-electron chi connectivity index (χ4n) is 6.76. The summed E-state index contributed by atoms with van der Waals surface area (Å²) in [5.74, 6) is -1.32. The normalized spacial score (nSPS) is 25.4. The molecule has 2 saturated carbocycles. The topological polar surface area (TPSA) is 184 Å². The Morgan fingerprint density at radius 1 is 1.04 bits per heavy atom. The molecule has 13 nitrogen and oxygen atoms in total. The number of aliphatic hydroxyl groups is 3. The van der Waals surface area contributed by atoms with E-state index in [0.29, 0.717) is 57.8 Å². The summed E-state index contributed by atoms with van der Waals surface area (Å²) in [6, 6.07) is 4.42. The maximum absolute atomic E-state index is 12.9. The zero-order chi connectivity index (χ0) is 38.8.